The van der Waals surface area contributed by atoms with Crippen LogP contribution in [0.5, 0.6) is 11.5 Å². The van der Waals surface area contributed by atoms with Gasteiger partial charge in [0.1, 0.15) is 11.5 Å². The minimum absolute atomic E-state index is 0.0415. The van der Waals surface area contributed by atoms with Gasteiger partial charge in [-0.1, -0.05) is 17.7 Å². The van der Waals surface area contributed by atoms with Gasteiger partial charge < -0.3 is 9.84 Å². The van der Waals surface area contributed by atoms with E-state index in [-0.39, 0.29) is 10.6 Å². The molecule has 0 aliphatic carbocycles. The lowest BCUT2D eigenvalue weighted by atomic mass is 10.1. The van der Waals surface area contributed by atoms with Gasteiger partial charge >= 0.3 is 0 Å². The largest absolute Gasteiger partial charge is 0.507 e. The van der Waals surface area contributed by atoms with Crippen LogP contribution in [0.1, 0.15) is 18.1 Å². The van der Waals surface area contributed by atoms with E-state index in [9.17, 15) is 13.5 Å². The van der Waals surface area contributed by atoms with Crippen LogP contribution >= 0.6 is 0 Å². The highest BCUT2D eigenvalue weighted by Crippen LogP contribution is 2.24. The number of hydrogen-bond acceptors (Lipinski definition) is 5. The second-order valence-electron chi connectivity index (χ2n) is 4.99. The van der Waals surface area contributed by atoms with Crippen molar-refractivity contribution in [3.8, 4) is 11.5 Å². The van der Waals surface area contributed by atoms with Crippen molar-refractivity contribution in [1.82, 2.24) is 4.83 Å². The molecule has 0 amide bonds. The Labute approximate surface area is 135 Å². The Morgan fingerprint density at radius 3 is 2.39 bits per heavy atom. The zero-order valence-electron chi connectivity index (χ0n) is 13.1. The van der Waals surface area contributed by atoms with Gasteiger partial charge in [-0.05, 0) is 38.1 Å². The fraction of sp³-hybridized carbons (Fsp3) is 0.188. The highest BCUT2D eigenvalue weighted by molar-refractivity contribution is 7.89. The maximum Gasteiger partial charge on any atom is 0.276 e. The molecule has 0 aliphatic rings. The summed E-state index contributed by atoms with van der Waals surface area (Å²) >= 11 is 0. The van der Waals surface area contributed by atoms with Gasteiger partial charge in [-0.25, -0.2) is 0 Å². The van der Waals surface area contributed by atoms with Gasteiger partial charge in [-0.3, -0.25) is 0 Å². The second-order valence-corrected chi connectivity index (χ2v) is 6.65. The molecule has 0 saturated carbocycles. The number of benzene rings is 2. The fourth-order valence-corrected chi connectivity index (χ4v) is 2.76. The fourth-order valence-electron chi connectivity index (χ4n) is 1.90. The average Bonchev–Trinajstić information content (AvgIpc) is 2.53. The number of aryl methyl sites for hydroxylation is 1. The Morgan fingerprint density at radius 1 is 1.17 bits per heavy atom. The summed E-state index contributed by atoms with van der Waals surface area (Å²) in [5.74, 6) is 0.458. The van der Waals surface area contributed by atoms with Crippen LogP contribution in [-0.2, 0) is 10.0 Å². The van der Waals surface area contributed by atoms with E-state index in [1.54, 1.807) is 31.2 Å². The number of phenolic OH excluding ortho intramolecular Hbond substituents is 1. The normalized spacial score (nSPS) is 12.0. The highest BCUT2D eigenvalue weighted by Gasteiger charge is 2.13. The summed E-state index contributed by atoms with van der Waals surface area (Å²) in [7, 11) is -2.26. The van der Waals surface area contributed by atoms with Crippen molar-refractivity contribution in [2.24, 2.45) is 5.10 Å². The Bertz CT molecular complexity index is 828. The van der Waals surface area contributed by atoms with E-state index in [1.807, 2.05) is 6.92 Å². The van der Waals surface area contributed by atoms with Crippen LogP contribution in [0.2, 0.25) is 0 Å². The molecule has 2 rings (SSSR count). The second kappa shape index (κ2) is 6.70. The monoisotopic (exact) mass is 334 g/mol. The molecular formula is C16H18N2O4S. The molecule has 2 aromatic carbocycles. The lowest BCUT2D eigenvalue weighted by Crippen LogP contribution is -2.20. The van der Waals surface area contributed by atoms with Crippen molar-refractivity contribution in [1.29, 1.82) is 0 Å². The van der Waals surface area contributed by atoms with Crippen molar-refractivity contribution >= 4 is 15.7 Å². The number of aromatic hydroxyl groups is 1. The van der Waals surface area contributed by atoms with Crippen molar-refractivity contribution in [2.45, 2.75) is 18.7 Å². The maximum atomic E-state index is 12.2. The summed E-state index contributed by atoms with van der Waals surface area (Å²) in [5, 5.41) is 13.8. The number of hydrogen-bond donors (Lipinski definition) is 2. The molecule has 0 saturated heterocycles. The Balaban J connectivity index is 2.23. The molecule has 0 heterocycles. The van der Waals surface area contributed by atoms with Gasteiger partial charge in [0.15, 0.2) is 0 Å². The molecule has 0 atom stereocenters. The molecule has 0 spiro atoms. The number of nitrogens with one attached hydrogen (secondary N) is 1. The molecule has 6 nitrogen and oxygen atoms in total. The number of nitrogens with zero attached hydrogens (tertiary/aromatic N) is 1. The number of methoxy groups -OCH3 is 1. The van der Waals surface area contributed by atoms with Gasteiger partial charge in [0.2, 0.25) is 0 Å². The molecule has 0 unspecified atom stereocenters. The topological polar surface area (TPSA) is 88.0 Å². The van der Waals surface area contributed by atoms with E-state index >= 15 is 0 Å². The zero-order chi connectivity index (χ0) is 17.0. The molecular weight excluding hydrogens is 316 g/mol. The molecule has 0 radical (unpaired) electrons. The summed E-state index contributed by atoms with van der Waals surface area (Å²) < 4.78 is 29.3. The molecule has 23 heavy (non-hydrogen) atoms. The molecule has 0 aliphatic heterocycles. The molecule has 0 aromatic heterocycles. The number of rotatable bonds is 5. The Hall–Kier alpha value is -2.54. The number of sulfonamides is 1. The average molecular weight is 334 g/mol. The molecule has 0 fully saturated rings. The molecule has 2 aromatic rings. The zero-order valence-corrected chi connectivity index (χ0v) is 13.9. The van der Waals surface area contributed by atoms with Crippen LogP contribution < -0.4 is 9.57 Å². The van der Waals surface area contributed by atoms with Crippen LogP contribution in [0.25, 0.3) is 0 Å². The van der Waals surface area contributed by atoms with E-state index in [4.69, 9.17) is 4.74 Å². The van der Waals surface area contributed by atoms with Crippen LogP contribution in [0.3, 0.4) is 0 Å². The smallest absolute Gasteiger partial charge is 0.276 e. The van der Waals surface area contributed by atoms with Crippen molar-refractivity contribution < 1.29 is 18.3 Å². The molecule has 7 heteroatoms. The number of ether oxygens (including phenoxy) is 1. The predicted octanol–water partition coefficient (Wildman–Crippen LogP) is 2.41. The SMILES string of the molecule is COc1ccc(/C(C)=N/NS(=O)(=O)c2ccc(C)cc2)c(O)c1. The third kappa shape index (κ3) is 4.01. The van der Waals surface area contributed by atoms with Crippen molar-refractivity contribution in [2.75, 3.05) is 7.11 Å². The minimum atomic E-state index is -3.75. The third-order valence-corrected chi connectivity index (χ3v) is 4.48. The molecule has 2 N–H and O–H groups in total. The lowest BCUT2D eigenvalue weighted by Gasteiger charge is -2.08. The summed E-state index contributed by atoms with van der Waals surface area (Å²) in [5.41, 5.74) is 1.71. The van der Waals surface area contributed by atoms with Crippen molar-refractivity contribution in [3.63, 3.8) is 0 Å². The van der Waals surface area contributed by atoms with Crippen molar-refractivity contribution in [3.05, 3.63) is 53.6 Å². The number of phenols is 1. The minimum Gasteiger partial charge on any atom is -0.507 e. The summed E-state index contributed by atoms with van der Waals surface area (Å²) in [6.07, 6.45) is 0. The van der Waals surface area contributed by atoms with Gasteiger partial charge in [0.25, 0.3) is 10.0 Å². The summed E-state index contributed by atoms with van der Waals surface area (Å²) in [6, 6.07) is 11.1. The van der Waals surface area contributed by atoms with Crippen LogP contribution in [-0.4, -0.2) is 26.3 Å². The first kappa shape index (κ1) is 16.8. The summed E-state index contributed by atoms with van der Waals surface area (Å²) in [4.78, 5) is 2.29. The van der Waals surface area contributed by atoms with Crippen LogP contribution in [0.4, 0.5) is 0 Å². The maximum absolute atomic E-state index is 12.2. The van der Waals surface area contributed by atoms with Crippen LogP contribution in [0.15, 0.2) is 52.5 Å². The van der Waals surface area contributed by atoms with Gasteiger partial charge in [-0.2, -0.15) is 18.4 Å². The Morgan fingerprint density at radius 2 is 1.83 bits per heavy atom. The first-order valence-corrected chi connectivity index (χ1v) is 8.32. The quantitative estimate of drug-likeness (QED) is 0.649. The first-order chi connectivity index (χ1) is 10.8. The highest BCUT2D eigenvalue weighted by atomic mass is 32.2. The lowest BCUT2D eigenvalue weighted by molar-refractivity contribution is 0.407. The van der Waals surface area contributed by atoms with E-state index in [2.05, 4.69) is 9.93 Å². The molecule has 122 valence electrons. The van der Waals surface area contributed by atoms with Gasteiger partial charge in [-0.15, -0.1) is 0 Å². The third-order valence-electron chi connectivity index (χ3n) is 3.26. The van der Waals surface area contributed by atoms with E-state index in [0.29, 0.717) is 17.0 Å². The summed E-state index contributed by atoms with van der Waals surface area (Å²) in [6.45, 7) is 3.47. The van der Waals surface area contributed by atoms with Gasteiger partial charge in [0, 0.05) is 11.6 Å². The van der Waals surface area contributed by atoms with Gasteiger partial charge in [0.05, 0.1) is 17.7 Å². The van der Waals surface area contributed by atoms with E-state index < -0.39 is 10.0 Å². The predicted molar refractivity (Wildman–Crippen MR) is 88.4 cm³/mol. The Kier molecular flexibility index (Phi) is 4.90. The standard InChI is InChI=1S/C16H18N2O4S/c1-11-4-7-14(8-5-11)23(20,21)18-17-12(2)15-9-6-13(22-3)10-16(15)19/h4-10,18-19H,1-3H3/b17-12+. The van der Waals surface area contributed by atoms with E-state index in [0.717, 1.165) is 5.56 Å². The number of hydrazone groups is 1. The molecule has 0 bridgehead atoms. The van der Waals surface area contributed by atoms with Crippen LogP contribution in [0, 0.1) is 6.92 Å². The first-order valence-electron chi connectivity index (χ1n) is 6.83. The van der Waals surface area contributed by atoms with E-state index in [1.165, 1.54) is 25.3 Å².